The maximum atomic E-state index is 4.39. The van der Waals surface area contributed by atoms with E-state index < -0.39 is 0 Å². The lowest BCUT2D eigenvalue weighted by atomic mass is 10.0. The van der Waals surface area contributed by atoms with Gasteiger partial charge in [0.25, 0.3) is 0 Å². The summed E-state index contributed by atoms with van der Waals surface area (Å²) < 4.78 is 0. The van der Waals surface area contributed by atoms with Crippen molar-refractivity contribution in [3.8, 4) is 0 Å². The third kappa shape index (κ3) is 4.19. The van der Waals surface area contributed by atoms with Crippen LogP contribution in [0.2, 0.25) is 0 Å². The number of rotatable bonds is 7. The molecule has 0 atom stereocenters. The Morgan fingerprint density at radius 3 is 2.50 bits per heavy atom. The normalized spacial score (nSPS) is 10.8. The summed E-state index contributed by atoms with van der Waals surface area (Å²) >= 11 is 0. The molecular formula is C13H23N3. The minimum absolute atomic E-state index is 0.749. The summed E-state index contributed by atoms with van der Waals surface area (Å²) in [7, 11) is 1.94. The minimum Gasteiger partial charge on any atom is -0.370 e. The number of nitrogens with zero attached hydrogens (tertiary/aromatic N) is 1. The molecule has 0 aliphatic heterocycles. The van der Waals surface area contributed by atoms with Gasteiger partial charge < -0.3 is 10.6 Å². The highest BCUT2D eigenvalue weighted by atomic mass is 15.0. The number of aromatic nitrogens is 1. The van der Waals surface area contributed by atoms with Crippen LogP contribution in [0.4, 0.5) is 5.82 Å². The van der Waals surface area contributed by atoms with Crippen LogP contribution in [0, 0.1) is 5.92 Å². The highest BCUT2D eigenvalue weighted by Gasteiger charge is 2.03. The van der Waals surface area contributed by atoms with Crippen LogP contribution in [-0.4, -0.2) is 18.6 Å². The Kier molecular flexibility index (Phi) is 5.86. The largest absolute Gasteiger partial charge is 0.370 e. The molecule has 1 heterocycles. The van der Waals surface area contributed by atoms with Crippen molar-refractivity contribution in [3.05, 3.63) is 23.9 Å². The Bertz CT molecular complexity index is 278. The zero-order valence-corrected chi connectivity index (χ0v) is 10.6. The maximum Gasteiger partial charge on any atom is 0.125 e. The number of nitrogens with one attached hydrogen (secondary N) is 2. The van der Waals surface area contributed by atoms with Crippen molar-refractivity contribution < 1.29 is 0 Å². The monoisotopic (exact) mass is 221 g/mol. The van der Waals surface area contributed by atoms with E-state index in [1.807, 2.05) is 13.2 Å². The van der Waals surface area contributed by atoms with Gasteiger partial charge in [0, 0.05) is 19.3 Å². The SMILES string of the molecule is CCC(CC)CNc1ccc(CNC)cn1. The van der Waals surface area contributed by atoms with Gasteiger partial charge in [0.2, 0.25) is 0 Å². The molecule has 90 valence electrons. The topological polar surface area (TPSA) is 37.0 Å². The van der Waals surface area contributed by atoms with Crippen LogP contribution in [-0.2, 0) is 6.54 Å². The van der Waals surface area contributed by atoms with Crippen molar-refractivity contribution in [1.29, 1.82) is 0 Å². The fourth-order valence-corrected chi connectivity index (χ4v) is 1.66. The number of anilines is 1. The molecule has 0 aromatic carbocycles. The molecule has 0 amide bonds. The van der Waals surface area contributed by atoms with E-state index in [1.54, 1.807) is 0 Å². The first-order chi connectivity index (χ1) is 7.80. The van der Waals surface area contributed by atoms with Crippen molar-refractivity contribution in [2.75, 3.05) is 18.9 Å². The molecule has 16 heavy (non-hydrogen) atoms. The van der Waals surface area contributed by atoms with Crippen molar-refractivity contribution in [2.45, 2.75) is 33.2 Å². The first-order valence-electron chi connectivity index (χ1n) is 6.13. The second-order valence-corrected chi connectivity index (χ2v) is 4.15. The average molecular weight is 221 g/mol. The minimum atomic E-state index is 0.749. The van der Waals surface area contributed by atoms with Crippen LogP contribution in [0.5, 0.6) is 0 Å². The summed E-state index contributed by atoms with van der Waals surface area (Å²) in [5, 5.41) is 6.50. The molecule has 0 aliphatic rings. The molecule has 3 nitrogen and oxygen atoms in total. The van der Waals surface area contributed by atoms with Gasteiger partial charge in [-0.15, -0.1) is 0 Å². The average Bonchev–Trinajstić information content (AvgIpc) is 2.33. The molecule has 0 spiro atoms. The van der Waals surface area contributed by atoms with E-state index in [9.17, 15) is 0 Å². The third-order valence-electron chi connectivity index (χ3n) is 2.93. The molecule has 0 radical (unpaired) electrons. The van der Waals surface area contributed by atoms with Gasteiger partial charge in [0.1, 0.15) is 5.82 Å². The zero-order valence-electron chi connectivity index (χ0n) is 10.6. The van der Waals surface area contributed by atoms with Gasteiger partial charge in [0.15, 0.2) is 0 Å². The van der Waals surface area contributed by atoms with Gasteiger partial charge >= 0.3 is 0 Å². The first kappa shape index (κ1) is 13.0. The van der Waals surface area contributed by atoms with Crippen LogP contribution < -0.4 is 10.6 Å². The molecular weight excluding hydrogens is 198 g/mol. The van der Waals surface area contributed by atoms with Gasteiger partial charge in [-0.1, -0.05) is 32.8 Å². The van der Waals surface area contributed by atoms with E-state index >= 15 is 0 Å². The van der Waals surface area contributed by atoms with Crippen molar-refractivity contribution in [1.82, 2.24) is 10.3 Å². The van der Waals surface area contributed by atoms with Crippen LogP contribution in [0.3, 0.4) is 0 Å². The zero-order chi connectivity index (χ0) is 11.8. The van der Waals surface area contributed by atoms with E-state index in [0.29, 0.717) is 0 Å². The van der Waals surface area contributed by atoms with Crippen LogP contribution >= 0.6 is 0 Å². The Hall–Kier alpha value is -1.09. The van der Waals surface area contributed by atoms with Crippen molar-refractivity contribution in [3.63, 3.8) is 0 Å². The molecule has 0 saturated heterocycles. The second kappa shape index (κ2) is 7.23. The first-order valence-corrected chi connectivity index (χ1v) is 6.13. The summed E-state index contributed by atoms with van der Waals surface area (Å²) in [5.74, 6) is 1.73. The predicted octanol–water partition coefficient (Wildman–Crippen LogP) is 2.65. The summed E-state index contributed by atoms with van der Waals surface area (Å²) in [6.07, 6.45) is 4.37. The van der Waals surface area contributed by atoms with Crippen LogP contribution in [0.25, 0.3) is 0 Å². The van der Waals surface area contributed by atoms with Gasteiger partial charge in [-0.2, -0.15) is 0 Å². The van der Waals surface area contributed by atoms with E-state index in [4.69, 9.17) is 0 Å². The summed E-state index contributed by atoms with van der Waals surface area (Å²) in [6, 6.07) is 4.16. The highest BCUT2D eigenvalue weighted by Crippen LogP contribution is 2.10. The molecule has 2 N–H and O–H groups in total. The smallest absolute Gasteiger partial charge is 0.125 e. The molecule has 1 aromatic heterocycles. The Morgan fingerprint density at radius 1 is 1.25 bits per heavy atom. The third-order valence-corrected chi connectivity index (χ3v) is 2.93. The fourth-order valence-electron chi connectivity index (χ4n) is 1.66. The molecule has 0 bridgehead atoms. The molecule has 0 fully saturated rings. The lowest BCUT2D eigenvalue weighted by Crippen LogP contribution is -2.13. The van der Waals surface area contributed by atoms with E-state index in [2.05, 4.69) is 41.6 Å². The summed E-state index contributed by atoms with van der Waals surface area (Å²) in [4.78, 5) is 4.39. The molecule has 1 aromatic rings. The standard InChI is InChI=1S/C13H23N3/c1-4-11(5-2)9-15-13-7-6-12(8-14-3)10-16-13/h6-7,10-11,14H,4-5,8-9H2,1-3H3,(H,15,16). The van der Waals surface area contributed by atoms with E-state index in [-0.39, 0.29) is 0 Å². The number of pyridine rings is 1. The Labute approximate surface area is 98.7 Å². The lowest BCUT2D eigenvalue weighted by Gasteiger charge is -2.13. The maximum absolute atomic E-state index is 4.39. The number of hydrogen-bond acceptors (Lipinski definition) is 3. The van der Waals surface area contributed by atoms with Gasteiger partial charge in [-0.25, -0.2) is 4.98 Å². The summed E-state index contributed by atoms with van der Waals surface area (Å²) in [6.45, 7) is 6.36. The van der Waals surface area contributed by atoms with Crippen LogP contribution in [0.1, 0.15) is 32.3 Å². The number of hydrogen-bond donors (Lipinski definition) is 2. The molecule has 0 saturated carbocycles. The second-order valence-electron chi connectivity index (χ2n) is 4.15. The fraction of sp³-hybridized carbons (Fsp3) is 0.615. The Morgan fingerprint density at radius 2 is 2.00 bits per heavy atom. The Balaban J connectivity index is 2.42. The quantitative estimate of drug-likeness (QED) is 0.743. The highest BCUT2D eigenvalue weighted by molar-refractivity contribution is 5.35. The van der Waals surface area contributed by atoms with Gasteiger partial charge in [-0.05, 0) is 24.6 Å². The summed E-state index contributed by atoms with van der Waals surface area (Å²) in [5.41, 5.74) is 1.22. The van der Waals surface area contributed by atoms with Crippen molar-refractivity contribution >= 4 is 5.82 Å². The van der Waals surface area contributed by atoms with Gasteiger partial charge in [-0.3, -0.25) is 0 Å². The van der Waals surface area contributed by atoms with E-state index in [1.165, 1.54) is 18.4 Å². The molecule has 0 unspecified atom stereocenters. The van der Waals surface area contributed by atoms with Crippen LogP contribution in [0.15, 0.2) is 18.3 Å². The molecule has 3 heteroatoms. The lowest BCUT2D eigenvalue weighted by molar-refractivity contribution is 0.518. The van der Waals surface area contributed by atoms with Gasteiger partial charge in [0.05, 0.1) is 0 Å². The van der Waals surface area contributed by atoms with Crippen molar-refractivity contribution in [2.24, 2.45) is 5.92 Å². The van der Waals surface area contributed by atoms with E-state index in [0.717, 1.165) is 24.8 Å². The molecule has 1 rings (SSSR count). The molecule has 0 aliphatic carbocycles. The predicted molar refractivity (Wildman–Crippen MR) is 69.6 cm³/mol.